The van der Waals surface area contributed by atoms with Crippen LogP contribution in [0.3, 0.4) is 0 Å². The number of anilines is 1. The molecule has 1 amide bonds. The van der Waals surface area contributed by atoms with Gasteiger partial charge in [0.2, 0.25) is 5.91 Å². The van der Waals surface area contributed by atoms with E-state index >= 15 is 0 Å². The molecule has 29 heavy (non-hydrogen) atoms. The van der Waals surface area contributed by atoms with Crippen LogP contribution in [-0.4, -0.2) is 21.9 Å². The lowest BCUT2D eigenvalue weighted by atomic mass is 10.0. The summed E-state index contributed by atoms with van der Waals surface area (Å²) in [5.74, 6) is -1.67. The standard InChI is InChI=1S/C22H16N2O5/c25-21(13-8-15-6-10-18(11-7-15)24(28)29)23-20-14-17(9-12-19(20)22(26)27)16-4-2-1-3-5-16/h1-14H,(H,23,25)(H,26,27)/b13-8+. The Balaban J connectivity index is 1.81. The second kappa shape index (κ2) is 8.62. The Bertz CT molecular complexity index is 1090. The summed E-state index contributed by atoms with van der Waals surface area (Å²) < 4.78 is 0. The molecule has 0 unspecified atom stereocenters. The van der Waals surface area contributed by atoms with Crippen LogP contribution in [-0.2, 0) is 4.79 Å². The van der Waals surface area contributed by atoms with Crippen molar-refractivity contribution in [3.05, 3.63) is 100 Å². The molecule has 0 fully saturated rings. The molecule has 0 aliphatic rings. The van der Waals surface area contributed by atoms with Gasteiger partial charge in [0.1, 0.15) is 0 Å². The fraction of sp³-hybridized carbons (Fsp3) is 0. The molecule has 0 saturated heterocycles. The second-order valence-corrected chi connectivity index (χ2v) is 6.10. The zero-order chi connectivity index (χ0) is 20.8. The molecule has 3 rings (SSSR count). The largest absolute Gasteiger partial charge is 0.478 e. The molecule has 7 nitrogen and oxygen atoms in total. The maximum absolute atomic E-state index is 12.3. The van der Waals surface area contributed by atoms with Crippen molar-refractivity contribution in [2.24, 2.45) is 0 Å². The zero-order valence-corrected chi connectivity index (χ0v) is 15.1. The van der Waals surface area contributed by atoms with Gasteiger partial charge < -0.3 is 10.4 Å². The van der Waals surface area contributed by atoms with Crippen molar-refractivity contribution in [3.8, 4) is 11.1 Å². The number of carbonyl (C=O) groups excluding carboxylic acids is 1. The second-order valence-electron chi connectivity index (χ2n) is 6.10. The number of nitro groups is 1. The topological polar surface area (TPSA) is 110 Å². The third-order valence-corrected chi connectivity index (χ3v) is 4.15. The number of aromatic carboxylic acids is 1. The lowest BCUT2D eigenvalue weighted by Gasteiger charge is -2.10. The number of nitrogens with zero attached hydrogens (tertiary/aromatic N) is 1. The van der Waals surface area contributed by atoms with Crippen LogP contribution in [0.2, 0.25) is 0 Å². The minimum atomic E-state index is -1.15. The predicted molar refractivity (Wildman–Crippen MR) is 110 cm³/mol. The highest BCUT2D eigenvalue weighted by Gasteiger charge is 2.13. The molecule has 0 aliphatic heterocycles. The minimum absolute atomic E-state index is 0.0261. The van der Waals surface area contributed by atoms with Crippen LogP contribution in [0.4, 0.5) is 11.4 Å². The van der Waals surface area contributed by atoms with E-state index in [1.807, 2.05) is 30.3 Å². The van der Waals surface area contributed by atoms with Crippen LogP contribution in [0.5, 0.6) is 0 Å². The number of non-ortho nitro benzene ring substituents is 1. The average Bonchev–Trinajstić information content (AvgIpc) is 2.73. The maximum atomic E-state index is 12.3. The summed E-state index contributed by atoms with van der Waals surface area (Å²) >= 11 is 0. The van der Waals surface area contributed by atoms with E-state index in [1.165, 1.54) is 42.5 Å². The molecule has 0 aliphatic carbocycles. The summed E-state index contributed by atoms with van der Waals surface area (Å²) in [4.78, 5) is 33.9. The van der Waals surface area contributed by atoms with Crippen molar-refractivity contribution in [2.75, 3.05) is 5.32 Å². The van der Waals surface area contributed by atoms with Gasteiger partial charge in [-0.15, -0.1) is 0 Å². The van der Waals surface area contributed by atoms with E-state index in [9.17, 15) is 24.8 Å². The highest BCUT2D eigenvalue weighted by molar-refractivity contribution is 6.06. The van der Waals surface area contributed by atoms with Gasteiger partial charge in [0, 0.05) is 18.2 Å². The summed E-state index contributed by atoms with van der Waals surface area (Å²) in [5, 5.41) is 22.7. The molecule has 0 bridgehead atoms. The SMILES string of the molecule is O=C(/C=C/c1ccc([N+](=O)[O-])cc1)Nc1cc(-c2ccccc2)ccc1C(=O)O. The monoisotopic (exact) mass is 388 g/mol. The zero-order valence-electron chi connectivity index (χ0n) is 15.1. The van der Waals surface area contributed by atoms with E-state index in [2.05, 4.69) is 5.32 Å². The van der Waals surface area contributed by atoms with E-state index < -0.39 is 16.8 Å². The summed E-state index contributed by atoms with van der Waals surface area (Å²) in [6.45, 7) is 0. The van der Waals surface area contributed by atoms with E-state index in [1.54, 1.807) is 12.1 Å². The van der Waals surface area contributed by atoms with E-state index in [0.29, 0.717) is 5.56 Å². The Hall–Kier alpha value is -4.26. The summed E-state index contributed by atoms with van der Waals surface area (Å²) in [5.41, 5.74) is 2.36. The number of hydrogen-bond acceptors (Lipinski definition) is 4. The fourth-order valence-corrected chi connectivity index (χ4v) is 2.70. The first-order valence-corrected chi connectivity index (χ1v) is 8.60. The Labute approximate surface area is 166 Å². The molecular weight excluding hydrogens is 372 g/mol. The first-order chi connectivity index (χ1) is 13.9. The number of carboxylic acids is 1. The lowest BCUT2D eigenvalue weighted by molar-refractivity contribution is -0.384. The van der Waals surface area contributed by atoms with Crippen LogP contribution in [0.15, 0.2) is 78.9 Å². The number of amides is 1. The van der Waals surface area contributed by atoms with Gasteiger partial charge >= 0.3 is 5.97 Å². The van der Waals surface area contributed by atoms with Crippen molar-refractivity contribution < 1.29 is 19.6 Å². The molecule has 7 heteroatoms. The number of carbonyl (C=O) groups is 2. The predicted octanol–water partition coefficient (Wildman–Crippen LogP) is 4.61. The number of hydrogen-bond donors (Lipinski definition) is 2. The highest BCUT2D eigenvalue weighted by Crippen LogP contribution is 2.26. The molecular formula is C22H16N2O5. The molecule has 2 N–H and O–H groups in total. The van der Waals surface area contributed by atoms with E-state index in [4.69, 9.17) is 0 Å². The summed E-state index contributed by atoms with van der Waals surface area (Å²) in [6, 6.07) is 19.8. The molecule has 0 atom stereocenters. The highest BCUT2D eigenvalue weighted by atomic mass is 16.6. The van der Waals surface area contributed by atoms with Gasteiger partial charge in [-0.3, -0.25) is 14.9 Å². The van der Waals surface area contributed by atoms with E-state index in [-0.39, 0.29) is 16.9 Å². The molecule has 0 heterocycles. The Morgan fingerprint density at radius 3 is 2.24 bits per heavy atom. The first kappa shape index (κ1) is 19.5. The number of carboxylic acid groups (broad SMARTS) is 1. The smallest absolute Gasteiger partial charge is 0.337 e. The van der Waals surface area contributed by atoms with Crippen molar-refractivity contribution in [1.29, 1.82) is 0 Å². The van der Waals surface area contributed by atoms with Crippen molar-refractivity contribution >= 4 is 29.3 Å². The van der Waals surface area contributed by atoms with Crippen LogP contribution < -0.4 is 5.32 Å². The maximum Gasteiger partial charge on any atom is 0.337 e. The Kier molecular flexibility index (Phi) is 5.80. The normalized spacial score (nSPS) is 10.6. The third kappa shape index (κ3) is 4.92. The van der Waals surface area contributed by atoms with Gasteiger partial charge in [-0.2, -0.15) is 0 Å². The van der Waals surface area contributed by atoms with Crippen LogP contribution >= 0.6 is 0 Å². The molecule has 0 spiro atoms. The van der Waals surface area contributed by atoms with Crippen molar-refractivity contribution in [1.82, 2.24) is 0 Å². The Morgan fingerprint density at radius 1 is 0.931 bits per heavy atom. The van der Waals surface area contributed by atoms with Gasteiger partial charge in [-0.05, 0) is 47.0 Å². The van der Waals surface area contributed by atoms with Gasteiger partial charge in [-0.25, -0.2) is 4.79 Å². The fourth-order valence-electron chi connectivity index (χ4n) is 2.70. The Morgan fingerprint density at radius 2 is 1.62 bits per heavy atom. The molecule has 144 valence electrons. The van der Waals surface area contributed by atoms with Gasteiger partial charge in [0.25, 0.3) is 5.69 Å². The molecule has 0 radical (unpaired) electrons. The first-order valence-electron chi connectivity index (χ1n) is 8.60. The molecule has 0 saturated carbocycles. The average molecular weight is 388 g/mol. The quantitative estimate of drug-likeness (QED) is 0.364. The summed E-state index contributed by atoms with van der Waals surface area (Å²) in [7, 11) is 0. The number of benzene rings is 3. The van der Waals surface area contributed by atoms with Crippen LogP contribution in [0.25, 0.3) is 17.2 Å². The lowest BCUT2D eigenvalue weighted by Crippen LogP contribution is -2.12. The van der Waals surface area contributed by atoms with Gasteiger partial charge in [0.05, 0.1) is 16.2 Å². The third-order valence-electron chi connectivity index (χ3n) is 4.15. The number of nitrogens with one attached hydrogen (secondary N) is 1. The van der Waals surface area contributed by atoms with Crippen LogP contribution in [0, 0.1) is 10.1 Å². The molecule has 0 aromatic heterocycles. The van der Waals surface area contributed by atoms with Gasteiger partial charge in [-0.1, -0.05) is 36.4 Å². The van der Waals surface area contributed by atoms with E-state index in [0.717, 1.165) is 11.1 Å². The van der Waals surface area contributed by atoms with Crippen LogP contribution in [0.1, 0.15) is 15.9 Å². The summed E-state index contributed by atoms with van der Waals surface area (Å²) in [6.07, 6.45) is 2.72. The van der Waals surface area contributed by atoms with Gasteiger partial charge in [0.15, 0.2) is 0 Å². The number of nitro benzene ring substituents is 1. The number of rotatable bonds is 6. The van der Waals surface area contributed by atoms with Crippen molar-refractivity contribution in [3.63, 3.8) is 0 Å². The molecule has 3 aromatic rings. The molecule has 3 aromatic carbocycles. The van der Waals surface area contributed by atoms with Crippen molar-refractivity contribution in [2.45, 2.75) is 0 Å². The minimum Gasteiger partial charge on any atom is -0.478 e.